The lowest BCUT2D eigenvalue weighted by Gasteiger charge is -2.33. The van der Waals surface area contributed by atoms with Crippen LogP contribution >= 0.6 is 0 Å². The monoisotopic (exact) mass is 328 g/mol. The molecule has 0 radical (unpaired) electrons. The molecule has 1 rings (SSSR count). The Bertz CT molecular complexity index is 366. The molecule has 1 amide bonds. The van der Waals surface area contributed by atoms with Crippen LogP contribution in [0.1, 0.15) is 39.5 Å². The molecule has 1 aliphatic rings. The summed E-state index contributed by atoms with van der Waals surface area (Å²) in [4.78, 5) is 28.2. The van der Waals surface area contributed by atoms with Gasteiger partial charge in [-0.1, -0.05) is 6.92 Å². The minimum atomic E-state index is -0.660. The summed E-state index contributed by atoms with van der Waals surface area (Å²) in [6.07, 6.45) is 3.41. The summed E-state index contributed by atoms with van der Waals surface area (Å²) < 4.78 is 10.9. The Kier molecular flexibility index (Phi) is 9.17. The van der Waals surface area contributed by atoms with Crippen LogP contribution in [-0.4, -0.2) is 74.7 Å². The Balaban J connectivity index is 2.34. The van der Waals surface area contributed by atoms with Crippen molar-refractivity contribution >= 4 is 11.9 Å². The predicted molar refractivity (Wildman–Crippen MR) is 89.1 cm³/mol. The standard InChI is InChI=1S/C17H32N2O4/c1-5-15(17(21)22-6-2)16(20)19-11-8-14(9-12-19)23-13-7-10-18(3)4/h14-15H,5-13H2,1-4H3. The van der Waals surface area contributed by atoms with Crippen LogP contribution in [-0.2, 0) is 19.1 Å². The van der Waals surface area contributed by atoms with E-state index in [0.29, 0.717) is 26.1 Å². The smallest absolute Gasteiger partial charge is 0.318 e. The second kappa shape index (κ2) is 10.6. The quantitative estimate of drug-likeness (QED) is 0.365. The maximum absolute atomic E-state index is 12.5. The van der Waals surface area contributed by atoms with Crippen LogP contribution in [0.5, 0.6) is 0 Å². The fraction of sp³-hybridized carbons (Fsp3) is 0.882. The molecular formula is C17H32N2O4. The molecule has 0 aromatic rings. The number of ether oxygens (including phenoxy) is 2. The maximum Gasteiger partial charge on any atom is 0.318 e. The molecule has 0 saturated carbocycles. The largest absolute Gasteiger partial charge is 0.465 e. The molecule has 1 saturated heterocycles. The van der Waals surface area contributed by atoms with E-state index in [-0.39, 0.29) is 12.0 Å². The van der Waals surface area contributed by atoms with Gasteiger partial charge in [-0.25, -0.2) is 0 Å². The maximum atomic E-state index is 12.5. The molecule has 6 nitrogen and oxygen atoms in total. The summed E-state index contributed by atoms with van der Waals surface area (Å²) >= 11 is 0. The van der Waals surface area contributed by atoms with E-state index in [9.17, 15) is 9.59 Å². The number of rotatable bonds is 9. The molecule has 0 spiro atoms. The molecule has 134 valence electrons. The Morgan fingerprint density at radius 1 is 1.22 bits per heavy atom. The van der Waals surface area contributed by atoms with Crippen LogP contribution in [0.2, 0.25) is 0 Å². The van der Waals surface area contributed by atoms with Crippen LogP contribution in [0.25, 0.3) is 0 Å². The third-order valence-corrected chi connectivity index (χ3v) is 4.13. The second-order valence-electron chi connectivity index (χ2n) is 6.27. The summed E-state index contributed by atoms with van der Waals surface area (Å²) in [7, 11) is 4.11. The van der Waals surface area contributed by atoms with Crippen molar-refractivity contribution in [3.8, 4) is 0 Å². The van der Waals surface area contributed by atoms with E-state index in [4.69, 9.17) is 9.47 Å². The van der Waals surface area contributed by atoms with Gasteiger partial charge in [-0.2, -0.15) is 0 Å². The molecule has 0 aromatic carbocycles. The van der Waals surface area contributed by atoms with Gasteiger partial charge in [0.2, 0.25) is 5.91 Å². The zero-order chi connectivity index (χ0) is 17.2. The number of hydrogen-bond acceptors (Lipinski definition) is 5. The Morgan fingerprint density at radius 2 is 1.87 bits per heavy atom. The first-order valence-corrected chi connectivity index (χ1v) is 8.71. The van der Waals surface area contributed by atoms with Gasteiger partial charge in [0.25, 0.3) is 0 Å². The number of carbonyl (C=O) groups excluding carboxylic acids is 2. The molecule has 0 aliphatic carbocycles. The van der Waals surface area contributed by atoms with Gasteiger partial charge in [-0.3, -0.25) is 9.59 Å². The van der Waals surface area contributed by atoms with Crippen molar-refractivity contribution in [2.45, 2.75) is 45.6 Å². The van der Waals surface area contributed by atoms with Gasteiger partial charge in [0.05, 0.1) is 12.7 Å². The fourth-order valence-corrected chi connectivity index (χ4v) is 2.78. The van der Waals surface area contributed by atoms with Crippen LogP contribution in [0.3, 0.4) is 0 Å². The zero-order valence-electron chi connectivity index (χ0n) is 15.0. The number of amides is 1. The summed E-state index contributed by atoms with van der Waals surface area (Å²) in [5.74, 6) is -1.16. The average molecular weight is 328 g/mol. The number of nitrogens with zero attached hydrogens (tertiary/aromatic N) is 2. The van der Waals surface area contributed by atoms with Crippen molar-refractivity contribution in [1.82, 2.24) is 9.80 Å². The molecule has 0 aromatic heterocycles. The lowest BCUT2D eigenvalue weighted by atomic mass is 10.0. The first-order chi connectivity index (χ1) is 11.0. The SMILES string of the molecule is CCOC(=O)C(CC)C(=O)N1CCC(OCCCN(C)C)CC1. The van der Waals surface area contributed by atoms with E-state index in [1.54, 1.807) is 11.8 Å². The second-order valence-corrected chi connectivity index (χ2v) is 6.27. The van der Waals surface area contributed by atoms with Gasteiger partial charge in [0, 0.05) is 19.7 Å². The molecule has 0 bridgehead atoms. The van der Waals surface area contributed by atoms with Crippen molar-refractivity contribution in [2.24, 2.45) is 5.92 Å². The Morgan fingerprint density at radius 3 is 2.39 bits per heavy atom. The van der Waals surface area contributed by atoms with E-state index < -0.39 is 11.9 Å². The molecule has 23 heavy (non-hydrogen) atoms. The lowest BCUT2D eigenvalue weighted by Crippen LogP contribution is -2.45. The summed E-state index contributed by atoms with van der Waals surface area (Å²) in [6, 6.07) is 0. The Hall–Kier alpha value is -1.14. The van der Waals surface area contributed by atoms with Gasteiger partial charge in [0.15, 0.2) is 0 Å². The highest BCUT2D eigenvalue weighted by atomic mass is 16.5. The number of carbonyl (C=O) groups is 2. The number of hydrogen-bond donors (Lipinski definition) is 0. The highest BCUT2D eigenvalue weighted by molar-refractivity contribution is 5.97. The first kappa shape index (κ1) is 19.9. The van der Waals surface area contributed by atoms with Crippen molar-refractivity contribution in [3.63, 3.8) is 0 Å². The van der Waals surface area contributed by atoms with Gasteiger partial charge in [-0.05, 0) is 53.2 Å². The predicted octanol–water partition coefficient (Wildman–Crippen LogP) is 1.54. The summed E-state index contributed by atoms with van der Waals surface area (Å²) in [5.41, 5.74) is 0. The molecule has 0 N–H and O–H groups in total. The van der Waals surface area contributed by atoms with Crippen LogP contribution < -0.4 is 0 Å². The first-order valence-electron chi connectivity index (χ1n) is 8.71. The van der Waals surface area contributed by atoms with E-state index in [1.165, 1.54) is 0 Å². The van der Waals surface area contributed by atoms with Gasteiger partial charge in [-0.15, -0.1) is 0 Å². The number of likely N-dealkylation sites (tertiary alicyclic amines) is 1. The highest BCUT2D eigenvalue weighted by Gasteiger charge is 2.32. The van der Waals surface area contributed by atoms with Crippen molar-refractivity contribution in [1.29, 1.82) is 0 Å². The fourth-order valence-electron chi connectivity index (χ4n) is 2.78. The van der Waals surface area contributed by atoms with Gasteiger partial charge < -0.3 is 19.3 Å². The molecule has 6 heteroatoms. The number of esters is 1. The third-order valence-electron chi connectivity index (χ3n) is 4.13. The molecule has 1 aliphatic heterocycles. The topological polar surface area (TPSA) is 59.1 Å². The van der Waals surface area contributed by atoms with Crippen molar-refractivity contribution in [3.05, 3.63) is 0 Å². The minimum absolute atomic E-state index is 0.1000. The summed E-state index contributed by atoms with van der Waals surface area (Å²) in [5, 5.41) is 0. The Labute approximate surface area is 140 Å². The van der Waals surface area contributed by atoms with Crippen LogP contribution in [0.4, 0.5) is 0 Å². The highest BCUT2D eigenvalue weighted by Crippen LogP contribution is 2.18. The third kappa shape index (κ3) is 6.87. The lowest BCUT2D eigenvalue weighted by molar-refractivity contribution is -0.156. The number of piperidine rings is 1. The van der Waals surface area contributed by atoms with Crippen LogP contribution in [0.15, 0.2) is 0 Å². The van der Waals surface area contributed by atoms with Gasteiger partial charge >= 0.3 is 5.97 Å². The van der Waals surface area contributed by atoms with E-state index in [1.807, 2.05) is 6.92 Å². The molecular weight excluding hydrogens is 296 g/mol. The molecule has 1 unspecified atom stereocenters. The molecule has 1 heterocycles. The van der Waals surface area contributed by atoms with Crippen molar-refractivity contribution < 1.29 is 19.1 Å². The minimum Gasteiger partial charge on any atom is -0.465 e. The average Bonchev–Trinajstić information content (AvgIpc) is 2.53. The molecule has 1 fully saturated rings. The normalized spacial score (nSPS) is 17.3. The summed E-state index contributed by atoms with van der Waals surface area (Å²) in [6.45, 7) is 7.02. The van der Waals surface area contributed by atoms with Gasteiger partial charge in [0.1, 0.15) is 5.92 Å². The van der Waals surface area contributed by atoms with Crippen LogP contribution in [0, 0.1) is 5.92 Å². The zero-order valence-corrected chi connectivity index (χ0v) is 15.0. The molecule has 1 atom stereocenters. The van der Waals surface area contributed by atoms with Crippen molar-refractivity contribution in [2.75, 3.05) is 46.9 Å². The van der Waals surface area contributed by atoms with E-state index >= 15 is 0 Å². The van der Waals surface area contributed by atoms with E-state index in [2.05, 4.69) is 19.0 Å². The van der Waals surface area contributed by atoms with E-state index in [0.717, 1.165) is 32.4 Å².